The second kappa shape index (κ2) is 6.33. The van der Waals surface area contributed by atoms with Crippen molar-refractivity contribution in [3.63, 3.8) is 0 Å². The van der Waals surface area contributed by atoms with Crippen LogP contribution in [-0.2, 0) is 0 Å². The standard InChI is InChI=1S/C15H7BrClF2NO/c16-9-3-1-5-12(19)14(9)15(21)8(7-20)13-10(17)4-2-6-11(13)18/h1-6,8H. The van der Waals surface area contributed by atoms with Gasteiger partial charge in [0.1, 0.15) is 17.6 Å². The lowest BCUT2D eigenvalue weighted by atomic mass is 9.91. The normalized spacial score (nSPS) is 11.8. The zero-order valence-electron chi connectivity index (χ0n) is 10.4. The first-order valence-electron chi connectivity index (χ1n) is 5.79. The highest BCUT2D eigenvalue weighted by Gasteiger charge is 2.30. The molecule has 0 heterocycles. The van der Waals surface area contributed by atoms with E-state index in [1.54, 1.807) is 6.07 Å². The number of carbonyl (C=O) groups excluding carboxylic acids is 1. The summed E-state index contributed by atoms with van der Waals surface area (Å²) in [5.74, 6) is -3.95. The van der Waals surface area contributed by atoms with E-state index < -0.39 is 23.3 Å². The van der Waals surface area contributed by atoms with Crippen LogP contribution in [0.3, 0.4) is 0 Å². The molecular formula is C15H7BrClF2NO. The maximum Gasteiger partial charge on any atom is 0.188 e. The van der Waals surface area contributed by atoms with Gasteiger partial charge in [0.25, 0.3) is 0 Å². The van der Waals surface area contributed by atoms with Crippen LogP contribution in [0.1, 0.15) is 21.8 Å². The maximum absolute atomic E-state index is 13.9. The van der Waals surface area contributed by atoms with E-state index in [1.807, 2.05) is 0 Å². The Morgan fingerprint density at radius 1 is 1.19 bits per heavy atom. The SMILES string of the molecule is N#CC(C(=O)c1c(F)cccc1Br)c1c(F)cccc1Cl. The molecule has 0 saturated carbocycles. The van der Waals surface area contributed by atoms with Crippen LogP contribution in [0.25, 0.3) is 0 Å². The van der Waals surface area contributed by atoms with Gasteiger partial charge >= 0.3 is 0 Å². The molecule has 106 valence electrons. The number of ketones is 1. The molecule has 0 aliphatic rings. The largest absolute Gasteiger partial charge is 0.292 e. The molecule has 0 bridgehead atoms. The van der Waals surface area contributed by atoms with Gasteiger partial charge in [-0.15, -0.1) is 0 Å². The third kappa shape index (κ3) is 2.97. The van der Waals surface area contributed by atoms with Gasteiger partial charge in [0.05, 0.1) is 11.6 Å². The summed E-state index contributed by atoms with van der Waals surface area (Å²) in [5.41, 5.74) is -0.551. The molecule has 2 nitrogen and oxygen atoms in total. The van der Waals surface area contributed by atoms with E-state index in [9.17, 15) is 18.8 Å². The molecule has 21 heavy (non-hydrogen) atoms. The summed E-state index contributed by atoms with van der Waals surface area (Å²) in [5, 5.41) is 9.15. The van der Waals surface area contributed by atoms with Crippen LogP contribution in [0.2, 0.25) is 5.02 Å². The van der Waals surface area contributed by atoms with Crippen molar-refractivity contribution in [1.29, 1.82) is 5.26 Å². The predicted octanol–water partition coefficient (Wildman–Crippen LogP) is 4.87. The van der Waals surface area contributed by atoms with Crippen LogP contribution in [0.5, 0.6) is 0 Å². The number of rotatable bonds is 3. The van der Waals surface area contributed by atoms with Gasteiger partial charge in [-0.25, -0.2) is 8.78 Å². The number of halogens is 4. The molecule has 0 radical (unpaired) electrons. The summed E-state index contributed by atoms with van der Waals surface area (Å²) >= 11 is 8.92. The summed E-state index contributed by atoms with van der Waals surface area (Å²) in [4.78, 5) is 12.4. The highest BCUT2D eigenvalue weighted by Crippen LogP contribution is 2.32. The molecule has 2 aromatic carbocycles. The lowest BCUT2D eigenvalue weighted by Gasteiger charge is -2.13. The number of Topliss-reactive ketones (excluding diaryl/α,β-unsaturated/α-hetero) is 1. The Kier molecular flexibility index (Phi) is 4.71. The van der Waals surface area contributed by atoms with Crippen LogP contribution in [0.4, 0.5) is 8.78 Å². The predicted molar refractivity (Wildman–Crippen MR) is 78.2 cm³/mol. The van der Waals surface area contributed by atoms with E-state index in [2.05, 4.69) is 15.9 Å². The third-order valence-corrected chi connectivity index (χ3v) is 3.88. The van der Waals surface area contributed by atoms with E-state index in [1.165, 1.54) is 24.3 Å². The Morgan fingerprint density at radius 2 is 1.81 bits per heavy atom. The highest BCUT2D eigenvalue weighted by molar-refractivity contribution is 9.10. The number of carbonyl (C=O) groups is 1. The number of nitrogens with zero attached hydrogens (tertiary/aromatic N) is 1. The molecule has 0 aliphatic carbocycles. The molecule has 1 atom stereocenters. The molecule has 0 amide bonds. The molecule has 0 saturated heterocycles. The quantitative estimate of drug-likeness (QED) is 0.723. The minimum absolute atomic E-state index is 0.0534. The van der Waals surface area contributed by atoms with E-state index in [0.29, 0.717) is 0 Å². The van der Waals surface area contributed by atoms with Gasteiger partial charge in [-0.1, -0.05) is 23.7 Å². The van der Waals surface area contributed by atoms with Crippen molar-refractivity contribution in [3.8, 4) is 6.07 Å². The lowest BCUT2D eigenvalue weighted by Crippen LogP contribution is -2.15. The fourth-order valence-corrected chi connectivity index (χ4v) is 2.73. The molecular weight excluding hydrogens is 364 g/mol. The minimum atomic E-state index is -1.52. The molecule has 0 fully saturated rings. The van der Waals surface area contributed by atoms with Gasteiger partial charge < -0.3 is 0 Å². The van der Waals surface area contributed by atoms with Crippen LogP contribution in [0, 0.1) is 23.0 Å². The number of hydrogen-bond acceptors (Lipinski definition) is 2. The fraction of sp³-hybridized carbons (Fsp3) is 0.0667. The summed E-state index contributed by atoms with van der Waals surface area (Å²) in [7, 11) is 0. The zero-order valence-corrected chi connectivity index (χ0v) is 12.8. The second-order valence-corrected chi connectivity index (χ2v) is 5.42. The molecule has 1 unspecified atom stereocenters. The maximum atomic E-state index is 13.9. The van der Waals surface area contributed by atoms with Crippen LogP contribution in [-0.4, -0.2) is 5.78 Å². The van der Waals surface area contributed by atoms with Crippen molar-refractivity contribution in [1.82, 2.24) is 0 Å². The van der Waals surface area contributed by atoms with E-state index in [-0.39, 0.29) is 20.6 Å². The summed E-state index contributed by atoms with van der Waals surface area (Å²) in [6.45, 7) is 0. The van der Waals surface area contributed by atoms with Gasteiger partial charge in [0, 0.05) is 15.1 Å². The van der Waals surface area contributed by atoms with Crippen LogP contribution >= 0.6 is 27.5 Å². The summed E-state index contributed by atoms with van der Waals surface area (Å²) in [6, 6.07) is 9.48. The Hall–Kier alpha value is -1.77. The Morgan fingerprint density at radius 3 is 2.38 bits per heavy atom. The van der Waals surface area contributed by atoms with Crippen molar-refractivity contribution in [2.45, 2.75) is 5.92 Å². The molecule has 2 aromatic rings. The molecule has 0 N–H and O–H groups in total. The van der Waals surface area contributed by atoms with Gasteiger partial charge in [-0.2, -0.15) is 5.26 Å². The molecule has 2 rings (SSSR count). The first kappa shape index (κ1) is 15.6. The van der Waals surface area contributed by atoms with E-state index >= 15 is 0 Å². The van der Waals surface area contributed by atoms with Crippen LogP contribution < -0.4 is 0 Å². The van der Waals surface area contributed by atoms with Crippen molar-refractivity contribution in [2.24, 2.45) is 0 Å². The topological polar surface area (TPSA) is 40.9 Å². The van der Waals surface area contributed by atoms with Crippen molar-refractivity contribution >= 4 is 33.3 Å². The summed E-state index contributed by atoms with van der Waals surface area (Å²) < 4.78 is 27.9. The number of benzene rings is 2. The van der Waals surface area contributed by atoms with Crippen molar-refractivity contribution < 1.29 is 13.6 Å². The monoisotopic (exact) mass is 369 g/mol. The lowest BCUT2D eigenvalue weighted by molar-refractivity contribution is 0.0972. The molecule has 0 aliphatic heterocycles. The first-order chi connectivity index (χ1) is 9.97. The third-order valence-electron chi connectivity index (χ3n) is 2.89. The average molecular weight is 371 g/mol. The Balaban J connectivity index is 2.58. The Bertz CT molecular complexity index is 717. The number of hydrogen-bond donors (Lipinski definition) is 0. The number of nitriles is 1. The molecule has 6 heteroatoms. The molecule has 0 aromatic heterocycles. The fourth-order valence-electron chi connectivity index (χ4n) is 1.92. The second-order valence-electron chi connectivity index (χ2n) is 4.16. The van der Waals surface area contributed by atoms with E-state index in [4.69, 9.17) is 11.6 Å². The smallest absolute Gasteiger partial charge is 0.188 e. The zero-order chi connectivity index (χ0) is 15.6. The average Bonchev–Trinajstić information content (AvgIpc) is 2.42. The Labute approximate surface area is 133 Å². The van der Waals surface area contributed by atoms with Gasteiger partial charge in [-0.05, 0) is 40.2 Å². The van der Waals surface area contributed by atoms with Gasteiger partial charge in [0.2, 0.25) is 0 Å². The van der Waals surface area contributed by atoms with Crippen LogP contribution in [0.15, 0.2) is 40.9 Å². The van der Waals surface area contributed by atoms with E-state index in [0.717, 1.165) is 12.1 Å². The summed E-state index contributed by atoms with van der Waals surface area (Å²) in [6.07, 6.45) is 0. The van der Waals surface area contributed by atoms with Gasteiger partial charge in [0.15, 0.2) is 5.78 Å². The van der Waals surface area contributed by atoms with Crippen molar-refractivity contribution in [2.75, 3.05) is 0 Å². The molecule has 0 spiro atoms. The van der Waals surface area contributed by atoms with Crippen molar-refractivity contribution in [3.05, 3.63) is 68.7 Å². The minimum Gasteiger partial charge on any atom is -0.292 e. The highest BCUT2D eigenvalue weighted by atomic mass is 79.9. The first-order valence-corrected chi connectivity index (χ1v) is 6.96. The van der Waals surface area contributed by atoms with Gasteiger partial charge in [-0.3, -0.25) is 4.79 Å².